The fourth-order valence-corrected chi connectivity index (χ4v) is 3.53. The van der Waals surface area contributed by atoms with Crippen molar-refractivity contribution in [3.63, 3.8) is 0 Å². The van der Waals surface area contributed by atoms with Gasteiger partial charge >= 0.3 is 0 Å². The van der Waals surface area contributed by atoms with Crippen LogP contribution in [0.25, 0.3) is 0 Å². The van der Waals surface area contributed by atoms with Crippen molar-refractivity contribution in [3.05, 3.63) is 59.1 Å². The van der Waals surface area contributed by atoms with Crippen LogP contribution in [-0.2, 0) is 0 Å². The molecule has 1 aliphatic rings. The molecule has 23 heavy (non-hydrogen) atoms. The minimum Gasteiger partial charge on any atom is -0.494 e. The lowest BCUT2D eigenvalue weighted by molar-refractivity contribution is 0.340. The smallest absolute Gasteiger partial charge is 0.119 e. The van der Waals surface area contributed by atoms with Crippen LogP contribution in [0.3, 0.4) is 0 Å². The van der Waals surface area contributed by atoms with Crippen LogP contribution in [0.4, 0.5) is 5.69 Å². The van der Waals surface area contributed by atoms with Crippen LogP contribution < -0.4 is 10.1 Å². The fourth-order valence-electron chi connectivity index (χ4n) is 3.41. The largest absolute Gasteiger partial charge is 0.494 e. The van der Waals surface area contributed by atoms with Gasteiger partial charge in [-0.25, -0.2) is 0 Å². The van der Waals surface area contributed by atoms with E-state index in [0.29, 0.717) is 18.6 Å². The van der Waals surface area contributed by atoms with Crippen LogP contribution in [-0.4, -0.2) is 12.6 Å². The van der Waals surface area contributed by atoms with Crippen molar-refractivity contribution in [2.24, 2.45) is 0 Å². The molecule has 0 aliphatic heterocycles. The van der Waals surface area contributed by atoms with Crippen LogP contribution in [0.5, 0.6) is 5.75 Å². The van der Waals surface area contributed by atoms with E-state index >= 15 is 0 Å². The molecule has 0 spiro atoms. The summed E-state index contributed by atoms with van der Waals surface area (Å²) in [4.78, 5) is 0. The van der Waals surface area contributed by atoms with E-state index in [9.17, 15) is 0 Å². The van der Waals surface area contributed by atoms with E-state index in [1.807, 2.05) is 31.2 Å². The summed E-state index contributed by atoms with van der Waals surface area (Å²) in [6.07, 6.45) is 4.94. The Bertz CT molecular complexity index is 609. The molecule has 1 aliphatic carbocycles. The second-order valence-electron chi connectivity index (χ2n) is 6.21. The Hall–Kier alpha value is -1.67. The molecule has 1 fully saturated rings. The number of nitrogens with one attached hydrogen (secondary N) is 1. The third kappa shape index (κ3) is 4.42. The predicted molar refractivity (Wildman–Crippen MR) is 97.7 cm³/mol. The van der Waals surface area contributed by atoms with Crippen molar-refractivity contribution in [3.8, 4) is 5.75 Å². The third-order valence-corrected chi connectivity index (χ3v) is 4.80. The number of rotatable bonds is 5. The third-order valence-electron chi connectivity index (χ3n) is 4.55. The Morgan fingerprint density at radius 2 is 1.78 bits per heavy atom. The van der Waals surface area contributed by atoms with Crippen molar-refractivity contribution in [2.45, 2.75) is 44.6 Å². The maximum Gasteiger partial charge on any atom is 0.119 e. The summed E-state index contributed by atoms with van der Waals surface area (Å²) in [6, 6.07) is 17.2. The summed E-state index contributed by atoms with van der Waals surface area (Å²) in [5.74, 6) is 1.56. The zero-order valence-electron chi connectivity index (χ0n) is 13.6. The average molecular weight is 330 g/mol. The van der Waals surface area contributed by atoms with E-state index in [-0.39, 0.29) is 0 Å². The molecule has 2 atom stereocenters. The van der Waals surface area contributed by atoms with Gasteiger partial charge in [0.2, 0.25) is 0 Å². The van der Waals surface area contributed by atoms with E-state index in [2.05, 4.69) is 29.6 Å². The van der Waals surface area contributed by atoms with E-state index in [1.165, 1.54) is 36.9 Å². The number of halogens is 1. The van der Waals surface area contributed by atoms with Gasteiger partial charge in [0, 0.05) is 16.8 Å². The first kappa shape index (κ1) is 16.2. The van der Waals surface area contributed by atoms with Crippen molar-refractivity contribution in [2.75, 3.05) is 11.9 Å². The van der Waals surface area contributed by atoms with Gasteiger partial charge in [-0.2, -0.15) is 0 Å². The summed E-state index contributed by atoms with van der Waals surface area (Å²) in [7, 11) is 0. The van der Waals surface area contributed by atoms with Gasteiger partial charge in [0.1, 0.15) is 5.75 Å². The number of anilines is 1. The molecule has 0 bridgehead atoms. The minimum absolute atomic E-state index is 0.530. The normalized spacial score (nSPS) is 21.0. The second-order valence-corrected chi connectivity index (χ2v) is 6.65. The molecule has 0 amide bonds. The van der Waals surface area contributed by atoms with Crippen molar-refractivity contribution < 1.29 is 4.74 Å². The van der Waals surface area contributed by atoms with E-state index in [1.54, 1.807) is 0 Å². The van der Waals surface area contributed by atoms with Crippen molar-refractivity contribution in [1.29, 1.82) is 0 Å². The summed E-state index contributed by atoms with van der Waals surface area (Å²) in [5.41, 5.74) is 2.59. The van der Waals surface area contributed by atoms with Gasteiger partial charge in [-0.15, -0.1) is 0 Å². The molecule has 1 saturated carbocycles. The van der Waals surface area contributed by atoms with Crippen LogP contribution >= 0.6 is 11.6 Å². The maximum absolute atomic E-state index is 6.00. The Labute approximate surface area is 143 Å². The topological polar surface area (TPSA) is 21.3 Å². The fraction of sp³-hybridized carbons (Fsp3) is 0.400. The molecule has 0 unspecified atom stereocenters. The first-order valence-corrected chi connectivity index (χ1v) is 8.87. The van der Waals surface area contributed by atoms with E-state index in [4.69, 9.17) is 16.3 Å². The number of hydrogen-bond acceptors (Lipinski definition) is 2. The lowest BCUT2D eigenvalue weighted by atomic mass is 9.81. The quantitative estimate of drug-likeness (QED) is 0.739. The average Bonchev–Trinajstić information content (AvgIpc) is 2.58. The van der Waals surface area contributed by atoms with Gasteiger partial charge in [0.15, 0.2) is 0 Å². The molecule has 122 valence electrons. The van der Waals surface area contributed by atoms with E-state index in [0.717, 1.165) is 10.8 Å². The highest BCUT2D eigenvalue weighted by atomic mass is 35.5. The standard InChI is InChI=1S/C20H24ClNO/c1-2-23-20-12-10-18(11-13-20)22-19-5-3-4-16(14-19)15-6-8-17(21)9-7-15/h6-13,16,19,22H,2-5,14H2,1H3/t16-,19-/m0/s1. The monoisotopic (exact) mass is 329 g/mol. The SMILES string of the molecule is CCOc1ccc(N[C@H]2CCC[C@H](c3ccc(Cl)cc3)C2)cc1. The van der Waals surface area contributed by atoms with Gasteiger partial charge in [0.05, 0.1) is 6.61 Å². The zero-order valence-corrected chi connectivity index (χ0v) is 14.4. The highest BCUT2D eigenvalue weighted by Crippen LogP contribution is 2.34. The molecular weight excluding hydrogens is 306 g/mol. The lowest BCUT2D eigenvalue weighted by Gasteiger charge is -2.31. The molecule has 0 heterocycles. The minimum atomic E-state index is 0.530. The Balaban J connectivity index is 1.61. The highest BCUT2D eigenvalue weighted by molar-refractivity contribution is 6.30. The Kier molecular flexibility index (Phi) is 5.45. The lowest BCUT2D eigenvalue weighted by Crippen LogP contribution is -2.26. The van der Waals surface area contributed by atoms with Gasteiger partial charge in [0.25, 0.3) is 0 Å². The number of hydrogen-bond donors (Lipinski definition) is 1. The second kappa shape index (κ2) is 7.74. The molecule has 0 aromatic heterocycles. The van der Waals surface area contributed by atoms with Gasteiger partial charge in [-0.05, 0) is 74.1 Å². The molecular formula is C20H24ClNO. The van der Waals surface area contributed by atoms with Crippen LogP contribution in [0.1, 0.15) is 44.1 Å². The molecule has 2 aromatic rings. The zero-order chi connectivity index (χ0) is 16.1. The number of ether oxygens (including phenoxy) is 1. The molecule has 1 N–H and O–H groups in total. The summed E-state index contributed by atoms with van der Waals surface area (Å²) in [5, 5.41) is 4.49. The van der Waals surface area contributed by atoms with Gasteiger partial charge in [-0.3, -0.25) is 0 Å². The van der Waals surface area contributed by atoms with Gasteiger partial charge < -0.3 is 10.1 Å². The summed E-state index contributed by atoms with van der Waals surface area (Å²) in [6.45, 7) is 2.71. The highest BCUT2D eigenvalue weighted by Gasteiger charge is 2.23. The first-order valence-electron chi connectivity index (χ1n) is 8.49. The predicted octanol–water partition coefficient (Wildman–Crippen LogP) is 5.88. The maximum atomic E-state index is 6.00. The summed E-state index contributed by atoms with van der Waals surface area (Å²) >= 11 is 6.00. The number of benzene rings is 2. The van der Waals surface area contributed by atoms with E-state index < -0.39 is 0 Å². The van der Waals surface area contributed by atoms with Crippen LogP contribution in [0.2, 0.25) is 5.02 Å². The molecule has 0 radical (unpaired) electrons. The van der Waals surface area contributed by atoms with Crippen molar-refractivity contribution >= 4 is 17.3 Å². The molecule has 0 saturated heterocycles. The van der Waals surface area contributed by atoms with Crippen LogP contribution in [0.15, 0.2) is 48.5 Å². The molecule has 2 aromatic carbocycles. The Morgan fingerprint density at radius 3 is 2.48 bits per heavy atom. The molecule has 3 rings (SSSR count). The first-order chi connectivity index (χ1) is 11.2. The molecule has 3 heteroatoms. The van der Waals surface area contributed by atoms with Crippen LogP contribution in [0, 0.1) is 0 Å². The van der Waals surface area contributed by atoms with Crippen molar-refractivity contribution in [1.82, 2.24) is 0 Å². The van der Waals surface area contributed by atoms with Gasteiger partial charge in [-0.1, -0.05) is 30.2 Å². The Morgan fingerprint density at radius 1 is 1.04 bits per heavy atom. The summed E-state index contributed by atoms with van der Waals surface area (Å²) < 4.78 is 5.50. The molecule has 2 nitrogen and oxygen atoms in total.